The molecule has 110 valence electrons. The van der Waals surface area contributed by atoms with Gasteiger partial charge in [-0.2, -0.15) is 0 Å². The molecule has 1 aliphatic rings. The van der Waals surface area contributed by atoms with E-state index >= 15 is 0 Å². The van der Waals surface area contributed by atoms with Crippen LogP contribution in [0.3, 0.4) is 0 Å². The van der Waals surface area contributed by atoms with Gasteiger partial charge in [0.15, 0.2) is 0 Å². The van der Waals surface area contributed by atoms with E-state index < -0.39 is 12.0 Å². The first-order valence-corrected chi connectivity index (χ1v) is 7.01. The van der Waals surface area contributed by atoms with Crippen LogP contribution in [-0.4, -0.2) is 27.2 Å². The number of carbonyl (C=O) groups is 1. The van der Waals surface area contributed by atoms with Crippen LogP contribution in [0.25, 0.3) is 0 Å². The van der Waals surface area contributed by atoms with Gasteiger partial charge in [0.1, 0.15) is 0 Å². The Morgan fingerprint density at radius 3 is 2.86 bits per heavy atom. The van der Waals surface area contributed by atoms with Crippen LogP contribution in [0.2, 0.25) is 0 Å². The third kappa shape index (κ3) is 2.69. The Hall–Kier alpha value is -2.14. The monoisotopic (exact) mass is 286 g/mol. The highest BCUT2D eigenvalue weighted by Crippen LogP contribution is 2.35. The van der Waals surface area contributed by atoms with E-state index in [-0.39, 0.29) is 11.9 Å². The molecule has 1 N–H and O–H groups in total. The van der Waals surface area contributed by atoms with Gasteiger partial charge in [-0.1, -0.05) is 30.3 Å². The van der Waals surface area contributed by atoms with Crippen LogP contribution >= 0.6 is 0 Å². The number of aliphatic hydroxyl groups excluding tert-OH is 1. The summed E-state index contributed by atoms with van der Waals surface area (Å²) < 4.78 is 7.11. The van der Waals surface area contributed by atoms with Crippen molar-refractivity contribution in [2.45, 2.75) is 12.5 Å². The van der Waals surface area contributed by atoms with Gasteiger partial charge >= 0.3 is 5.97 Å². The highest BCUT2D eigenvalue weighted by atomic mass is 16.5. The van der Waals surface area contributed by atoms with Gasteiger partial charge in [-0.3, -0.25) is 4.79 Å². The summed E-state index contributed by atoms with van der Waals surface area (Å²) in [6, 6.07) is 9.26. The van der Waals surface area contributed by atoms with Crippen molar-refractivity contribution in [3.63, 3.8) is 0 Å². The molecule has 2 heterocycles. The fourth-order valence-corrected chi connectivity index (χ4v) is 2.86. The molecule has 5 heteroatoms. The molecule has 0 radical (unpaired) electrons. The van der Waals surface area contributed by atoms with Gasteiger partial charge in [-0.05, 0) is 12.0 Å². The van der Waals surface area contributed by atoms with Crippen LogP contribution in [0.1, 0.15) is 17.4 Å². The molecule has 0 bridgehead atoms. The number of esters is 1. The largest absolute Gasteiger partial charge is 0.465 e. The minimum Gasteiger partial charge on any atom is -0.465 e. The van der Waals surface area contributed by atoms with Crippen molar-refractivity contribution in [2.24, 2.45) is 18.9 Å². The van der Waals surface area contributed by atoms with Crippen LogP contribution in [0.4, 0.5) is 0 Å². The van der Waals surface area contributed by atoms with Gasteiger partial charge < -0.3 is 14.4 Å². The number of hydrogen-bond donors (Lipinski definition) is 1. The summed E-state index contributed by atoms with van der Waals surface area (Å²) in [6.07, 6.45) is 3.35. The summed E-state index contributed by atoms with van der Waals surface area (Å²) in [5, 5.41) is 10.5. The Bertz CT molecular complexity index is 623. The molecule has 3 atom stereocenters. The van der Waals surface area contributed by atoms with Gasteiger partial charge in [0.2, 0.25) is 0 Å². The lowest BCUT2D eigenvalue weighted by atomic mass is 9.84. The Morgan fingerprint density at radius 2 is 2.19 bits per heavy atom. The highest BCUT2D eigenvalue weighted by molar-refractivity contribution is 5.75. The molecule has 1 aromatic heterocycles. The van der Waals surface area contributed by atoms with Crippen molar-refractivity contribution in [1.29, 1.82) is 0 Å². The smallest absolute Gasteiger partial charge is 0.312 e. The predicted molar refractivity (Wildman–Crippen MR) is 76.3 cm³/mol. The van der Waals surface area contributed by atoms with Crippen molar-refractivity contribution in [2.75, 3.05) is 6.61 Å². The molecule has 0 saturated carbocycles. The third-order valence-corrected chi connectivity index (χ3v) is 4.09. The van der Waals surface area contributed by atoms with Crippen molar-refractivity contribution < 1.29 is 14.6 Å². The van der Waals surface area contributed by atoms with E-state index in [1.54, 1.807) is 12.5 Å². The number of aromatic nitrogens is 2. The number of aryl methyl sites for hydroxylation is 1. The lowest BCUT2D eigenvalue weighted by Gasteiger charge is -2.21. The second-order valence-corrected chi connectivity index (χ2v) is 5.47. The summed E-state index contributed by atoms with van der Waals surface area (Å²) in [5.41, 5.74) is 1.78. The van der Waals surface area contributed by atoms with E-state index in [0.717, 1.165) is 11.3 Å². The number of benzene rings is 1. The average Bonchev–Trinajstić information content (AvgIpc) is 3.06. The molecule has 3 rings (SSSR count). The Morgan fingerprint density at radius 1 is 1.43 bits per heavy atom. The molecule has 0 spiro atoms. The molecule has 1 aliphatic heterocycles. The zero-order chi connectivity index (χ0) is 14.8. The van der Waals surface area contributed by atoms with Crippen LogP contribution in [-0.2, 0) is 23.0 Å². The SMILES string of the molecule is Cn1cncc1C[C@H]1COC(=O)[C@@H]1[C@H](O)c1ccccc1. The maximum Gasteiger partial charge on any atom is 0.312 e. The second kappa shape index (κ2) is 5.69. The standard InChI is InChI=1S/C16H18N2O3/c1-18-10-17-8-13(18)7-12-9-21-16(20)14(12)15(19)11-5-3-2-4-6-11/h2-6,8,10,12,14-15,19H,7,9H2,1H3/t12-,14-,15+/m0/s1. The molecule has 0 aliphatic carbocycles. The summed E-state index contributed by atoms with van der Waals surface area (Å²) in [6.45, 7) is 0.346. The Labute approximate surface area is 123 Å². The number of aliphatic hydroxyl groups is 1. The predicted octanol–water partition coefficient (Wildman–Crippen LogP) is 1.49. The van der Waals surface area contributed by atoms with E-state index in [1.807, 2.05) is 41.9 Å². The molecule has 21 heavy (non-hydrogen) atoms. The molecule has 1 fully saturated rings. The molecular formula is C16H18N2O3. The Kier molecular flexibility index (Phi) is 3.75. The van der Waals surface area contributed by atoms with Gasteiger partial charge in [0, 0.05) is 24.9 Å². The van der Waals surface area contributed by atoms with E-state index in [0.29, 0.717) is 13.0 Å². The highest BCUT2D eigenvalue weighted by Gasteiger charge is 2.42. The molecule has 1 aromatic carbocycles. The number of imidazole rings is 1. The van der Waals surface area contributed by atoms with Crippen molar-refractivity contribution in [3.8, 4) is 0 Å². The van der Waals surface area contributed by atoms with Crippen LogP contribution < -0.4 is 0 Å². The third-order valence-electron chi connectivity index (χ3n) is 4.09. The lowest BCUT2D eigenvalue weighted by Crippen LogP contribution is -2.26. The zero-order valence-electron chi connectivity index (χ0n) is 11.8. The fourth-order valence-electron chi connectivity index (χ4n) is 2.86. The number of rotatable bonds is 4. The van der Waals surface area contributed by atoms with Crippen molar-refractivity contribution in [3.05, 3.63) is 54.1 Å². The maximum atomic E-state index is 12.0. The number of nitrogens with zero attached hydrogens (tertiary/aromatic N) is 2. The van der Waals surface area contributed by atoms with E-state index in [4.69, 9.17) is 4.74 Å². The van der Waals surface area contributed by atoms with Crippen LogP contribution in [0.15, 0.2) is 42.9 Å². The number of ether oxygens (including phenoxy) is 1. The maximum absolute atomic E-state index is 12.0. The topological polar surface area (TPSA) is 64.4 Å². The first-order chi connectivity index (χ1) is 10.2. The van der Waals surface area contributed by atoms with Gasteiger partial charge in [0.05, 0.1) is 25.0 Å². The summed E-state index contributed by atoms with van der Waals surface area (Å²) in [7, 11) is 1.92. The normalized spacial score (nSPS) is 23.0. The zero-order valence-corrected chi connectivity index (χ0v) is 11.8. The minimum atomic E-state index is -0.834. The number of cyclic esters (lactones) is 1. The summed E-state index contributed by atoms with van der Waals surface area (Å²) in [5.74, 6) is -0.885. The average molecular weight is 286 g/mol. The first-order valence-electron chi connectivity index (χ1n) is 7.01. The lowest BCUT2D eigenvalue weighted by molar-refractivity contribution is -0.144. The van der Waals surface area contributed by atoms with E-state index in [1.165, 1.54) is 0 Å². The minimum absolute atomic E-state index is 0.0388. The summed E-state index contributed by atoms with van der Waals surface area (Å²) >= 11 is 0. The first kappa shape index (κ1) is 13.8. The molecule has 5 nitrogen and oxygen atoms in total. The van der Waals surface area contributed by atoms with E-state index in [9.17, 15) is 9.90 Å². The Balaban J connectivity index is 1.81. The van der Waals surface area contributed by atoms with Crippen LogP contribution in [0, 0.1) is 11.8 Å². The van der Waals surface area contributed by atoms with Crippen molar-refractivity contribution in [1.82, 2.24) is 9.55 Å². The molecule has 1 saturated heterocycles. The fraction of sp³-hybridized carbons (Fsp3) is 0.375. The van der Waals surface area contributed by atoms with E-state index in [2.05, 4.69) is 4.98 Å². The number of carbonyl (C=O) groups excluding carboxylic acids is 1. The molecule has 0 unspecified atom stereocenters. The molecular weight excluding hydrogens is 268 g/mol. The second-order valence-electron chi connectivity index (χ2n) is 5.47. The van der Waals surface area contributed by atoms with Gasteiger partial charge in [-0.25, -0.2) is 4.98 Å². The van der Waals surface area contributed by atoms with Crippen molar-refractivity contribution >= 4 is 5.97 Å². The van der Waals surface area contributed by atoms with Crippen LogP contribution in [0.5, 0.6) is 0 Å². The molecule has 0 amide bonds. The summed E-state index contributed by atoms with van der Waals surface area (Å²) in [4.78, 5) is 16.1. The van der Waals surface area contributed by atoms with Gasteiger partial charge in [-0.15, -0.1) is 0 Å². The van der Waals surface area contributed by atoms with Gasteiger partial charge in [0.25, 0.3) is 0 Å². The number of hydrogen-bond acceptors (Lipinski definition) is 4. The quantitative estimate of drug-likeness (QED) is 0.865. The molecule has 2 aromatic rings.